The first-order valence-corrected chi connectivity index (χ1v) is 8.16. The lowest BCUT2D eigenvalue weighted by atomic mass is 10.0. The van der Waals surface area contributed by atoms with Crippen molar-refractivity contribution in [2.45, 2.75) is 25.3 Å². The third-order valence-corrected chi connectivity index (χ3v) is 4.62. The van der Waals surface area contributed by atoms with E-state index in [9.17, 15) is 0 Å². The molecule has 3 rings (SSSR count). The van der Waals surface area contributed by atoms with Crippen LogP contribution in [0, 0.1) is 0 Å². The second kappa shape index (κ2) is 6.55. The van der Waals surface area contributed by atoms with Crippen LogP contribution in [0.2, 0.25) is 0 Å². The van der Waals surface area contributed by atoms with Crippen molar-refractivity contribution in [3.63, 3.8) is 0 Å². The van der Waals surface area contributed by atoms with Crippen LogP contribution in [0.25, 0.3) is 0 Å². The first kappa shape index (κ1) is 13.8. The van der Waals surface area contributed by atoms with Crippen molar-refractivity contribution in [3.8, 4) is 0 Å². The van der Waals surface area contributed by atoms with Crippen molar-refractivity contribution in [2.24, 2.45) is 0 Å². The molecule has 1 aliphatic heterocycles. The minimum atomic E-state index is 0.594. The Morgan fingerprint density at radius 3 is 2.70 bits per heavy atom. The van der Waals surface area contributed by atoms with Crippen LogP contribution < -0.4 is 0 Å². The maximum absolute atomic E-state index is 3.59. The highest BCUT2D eigenvalue weighted by Crippen LogP contribution is 2.32. The Hall–Kier alpha value is -1.12. The van der Waals surface area contributed by atoms with Gasteiger partial charge in [-0.25, -0.2) is 0 Å². The molecule has 0 spiro atoms. The van der Waals surface area contributed by atoms with Crippen molar-refractivity contribution in [1.82, 2.24) is 4.90 Å². The molecule has 104 valence electrons. The van der Waals surface area contributed by atoms with Gasteiger partial charge in [-0.1, -0.05) is 58.4 Å². The molecule has 1 fully saturated rings. The van der Waals surface area contributed by atoms with Gasteiger partial charge in [0.05, 0.1) is 0 Å². The van der Waals surface area contributed by atoms with Crippen LogP contribution >= 0.6 is 15.9 Å². The highest BCUT2D eigenvalue weighted by molar-refractivity contribution is 9.10. The van der Waals surface area contributed by atoms with E-state index in [-0.39, 0.29) is 0 Å². The molecule has 0 saturated carbocycles. The van der Waals surface area contributed by atoms with Crippen LogP contribution in [0.15, 0.2) is 59.1 Å². The summed E-state index contributed by atoms with van der Waals surface area (Å²) in [6, 6.07) is 20.2. The summed E-state index contributed by atoms with van der Waals surface area (Å²) >= 11 is 3.59. The van der Waals surface area contributed by atoms with Gasteiger partial charge in [-0.15, -0.1) is 0 Å². The Kier molecular flexibility index (Phi) is 4.54. The van der Waals surface area contributed by atoms with Gasteiger partial charge >= 0.3 is 0 Å². The molecule has 20 heavy (non-hydrogen) atoms. The molecule has 1 saturated heterocycles. The SMILES string of the molecule is Brc1cccc(C2CCCN2CCc2ccccc2)c1. The first-order valence-electron chi connectivity index (χ1n) is 7.36. The molecule has 2 aromatic rings. The molecule has 1 nitrogen and oxygen atoms in total. The van der Waals surface area contributed by atoms with E-state index in [1.165, 1.54) is 35.0 Å². The van der Waals surface area contributed by atoms with Crippen molar-refractivity contribution < 1.29 is 0 Å². The molecule has 1 heterocycles. The van der Waals surface area contributed by atoms with Crippen LogP contribution in [-0.4, -0.2) is 18.0 Å². The smallest absolute Gasteiger partial charge is 0.0349 e. The molecule has 0 amide bonds. The largest absolute Gasteiger partial charge is 0.296 e. The number of nitrogens with zero attached hydrogens (tertiary/aromatic N) is 1. The third kappa shape index (κ3) is 3.31. The van der Waals surface area contributed by atoms with Crippen LogP contribution in [0.1, 0.15) is 30.0 Å². The molecule has 1 unspecified atom stereocenters. The highest BCUT2D eigenvalue weighted by atomic mass is 79.9. The van der Waals surface area contributed by atoms with Crippen LogP contribution in [0.4, 0.5) is 0 Å². The predicted molar refractivity (Wildman–Crippen MR) is 87.8 cm³/mol. The first-order chi connectivity index (χ1) is 9.83. The predicted octanol–water partition coefficient (Wildman–Crippen LogP) is 4.83. The maximum atomic E-state index is 3.59. The quantitative estimate of drug-likeness (QED) is 0.776. The number of rotatable bonds is 4. The Bertz CT molecular complexity index is 552. The summed E-state index contributed by atoms with van der Waals surface area (Å²) < 4.78 is 1.19. The van der Waals surface area contributed by atoms with Gasteiger partial charge in [0.25, 0.3) is 0 Å². The monoisotopic (exact) mass is 329 g/mol. The number of likely N-dealkylation sites (tertiary alicyclic amines) is 1. The average Bonchev–Trinajstić information content (AvgIpc) is 2.95. The maximum Gasteiger partial charge on any atom is 0.0349 e. The van der Waals surface area contributed by atoms with Gasteiger partial charge in [0.15, 0.2) is 0 Å². The summed E-state index contributed by atoms with van der Waals surface area (Å²) in [5, 5.41) is 0. The van der Waals surface area contributed by atoms with E-state index >= 15 is 0 Å². The van der Waals surface area contributed by atoms with E-state index in [0.29, 0.717) is 6.04 Å². The van der Waals surface area contributed by atoms with Crippen LogP contribution in [-0.2, 0) is 6.42 Å². The topological polar surface area (TPSA) is 3.24 Å². The molecule has 0 aromatic heterocycles. The van der Waals surface area contributed by atoms with Crippen LogP contribution in [0.3, 0.4) is 0 Å². The lowest BCUT2D eigenvalue weighted by Crippen LogP contribution is -2.25. The van der Waals surface area contributed by atoms with E-state index in [1.54, 1.807) is 0 Å². The fourth-order valence-corrected chi connectivity index (χ4v) is 3.52. The molecule has 1 aliphatic rings. The van der Waals surface area contributed by atoms with Gasteiger partial charge in [0.2, 0.25) is 0 Å². The number of halogens is 1. The number of benzene rings is 2. The second-order valence-electron chi connectivity index (χ2n) is 5.48. The van der Waals surface area contributed by atoms with Gasteiger partial charge in [0, 0.05) is 17.1 Å². The molecule has 0 aliphatic carbocycles. The molecule has 2 heteroatoms. The Morgan fingerprint density at radius 1 is 1.05 bits per heavy atom. The third-order valence-electron chi connectivity index (χ3n) is 4.13. The highest BCUT2D eigenvalue weighted by Gasteiger charge is 2.25. The van der Waals surface area contributed by atoms with E-state index in [1.807, 2.05) is 0 Å². The molecular formula is C18H20BrN. The lowest BCUT2D eigenvalue weighted by Gasteiger charge is -2.25. The fourth-order valence-electron chi connectivity index (χ4n) is 3.10. The number of hydrogen-bond acceptors (Lipinski definition) is 1. The molecule has 1 atom stereocenters. The summed E-state index contributed by atoms with van der Waals surface area (Å²) in [4.78, 5) is 2.63. The Labute approximate surface area is 129 Å². The van der Waals surface area contributed by atoms with Crippen molar-refractivity contribution in [1.29, 1.82) is 0 Å². The summed E-state index contributed by atoms with van der Waals surface area (Å²) in [7, 11) is 0. The minimum Gasteiger partial charge on any atom is -0.296 e. The molecule has 0 bridgehead atoms. The summed E-state index contributed by atoms with van der Waals surface area (Å²) in [6.45, 7) is 2.38. The average molecular weight is 330 g/mol. The van der Waals surface area contributed by atoms with Gasteiger partial charge < -0.3 is 0 Å². The van der Waals surface area contributed by atoms with Gasteiger partial charge in [-0.05, 0) is 49.1 Å². The standard InChI is InChI=1S/C18H20BrN/c19-17-9-4-8-16(14-17)18-10-5-12-20(18)13-11-15-6-2-1-3-7-15/h1-4,6-9,14,18H,5,10-13H2. The van der Waals surface area contributed by atoms with Crippen molar-refractivity contribution in [3.05, 3.63) is 70.2 Å². The van der Waals surface area contributed by atoms with E-state index in [4.69, 9.17) is 0 Å². The Morgan fingerprint density at radius 2 is 1.90 bits per heavy atom. The summed E-state index contributed by atoms with van der Waals surface area (Å²) in [6.07, 6.45) is 3.74. The molecule has 0 radical (unpaired) electrons. The molecular weight excluding hydrogens is 310 g/mol. The van der Waals surface area contributed by atoms with Crippen molar-refractivity contribution in [2.75, 3.05) is 13.1 Å². The van der Waals surface area contributed by atoms with Crippen molar-refractivity contribution >= 4 is 15.9 Å². The number of hydrogen-bond donors (Lipinski definition) is 0. The minimum absolute atomic E-state index is 0.594. The second-order valence-corrected chi connectivity index (χ2v) is 6.40. The zero-order chi connectivity index (χ0) is 13.8. The van der Waals surface area contributed by atoms with E-state index < -0.39 is 0 Å². The molecule has 2 aromatic carbocycles. The zero-order valence-electron chi connectivity index (χ0n) is 11.6. The zero-order valence-corrected chi connectivity index (χ0v) is 13.2. The fraction of sp³-hybridized carbons (Fsp3) is 0.333. The summed E-state index contributed by atoms with van der Waals surface area (Å²) in [5.74, 6) is 0. The molecule has 0 N–H and O–H groups in total. The van der Waals surface area contributed by atoms with Gasteiger partial charge in [-0.3, -0.25) is 4.90 Å². The van der Waals surface area contributed by atoms with E-state index in [2.05, 4.69) is 75.4 Å². The normalized spacial score (nSPS) is 19.4. The van der Waals surface area contributed by atoms with Crippen LogP contribution in [0.5, 0.6) is 0 Å². The van der Waals surface area contributed by atoms with Gasteiger partial charge in [-0.2, -0.15) is 0 Å². The van der Waals surface area contributed by atoms with Gasteiger partial charge in [0.1, 0.15) is 0 Å². The Balaban J connectivity index is 1.67. The lowest BCUT2D eigenvalue weighted by molar-refractivity contribution is 0.260. The van der Waals surface area contributed by atoms with E-state index in [0.717, 1.165) is 13.0 Å². The summed E-state index contributed by atoms with van der Waals surface area (Å²) in [5.41, 5.74) is 2.89.